The number of rotatable bonds is 13. The molecule has 1 heterocycles. The van der Waals surface area contributed by atoms with Gasteiger partial charge in [-0.1, -0.05) is 6.07 Å². The predicted molar refractivity (Wildman–Crippen MR) is 134 cm³/mol. The maximum absolute atomic E-state index is 12.8. The summed E-state index contributed by atoms with van der Waals surface area (Å²) in [5.74, 6) is -2.92. The van der Waals surface area contributed by atoms with Crippen molar-refractivity contribution in [3.8, 4) is 5.75 Å². The Kier molecular flexibility index (Phi) is 9.17. The molecule has 0 aliphatic heterocycles. The van der Waals surface area contributed by atoms with E-state index in [0.29, 0.717) is 17.9 Å². The second kappa shape index (κ2) is 12.5. The minimum absolute atomic E-state index is 0.168. The molecule has 10 heteroatoms. The number of ketones is 1. The maximum Gasteiger partial charge on any atom is 0.336 e. The van der Waals surface area contributed by atoms with E-state index in [0.717, 1.165) is 43.1 Å². The number of furan rings is 1. The van der Waals surface area contributed by atoms with E-state index < -0.39 is 34.8 Å². The van der Waals surface area contributed by atoms with Crippen LogP contribution in [0.15, 0.2) is 53.1 Å². The molecule has 1 aromatic heterocycles. The number of carbonyl (C=O) groups is 4. The average Bonchev–Trinajstić information content (AvgIpc) is 3.39. The third-order valence-electron chi connectivity index (χ3n) is 5.59. The van der Waals surface area contributed by atoms with E-state index in [1.54, 1.807) is 12.3 Å². The second-order valence-electron chi connectivity index (χ2n) is 8.32. The first-order valence-corrected chi connectivity index (χ1v) is 11.6. The van der Waals surface area contributed by atoms with E-state index in [1.807, 2.05) is 31.3 Å². The Labute approximate surface area is 213 Å². The number of hydrogen-bond acceptors (Lipinski definition) is 7. The normalized spacial score (nSPS) is 10.6. The van der Waals surface area contributed by atoms with Gasteiger partial charge >= 0.3 is 11.9 Å². The summed E-state index contributed by atoms with van der Waals surface area (Å²) in [4.78, 5) is 48.0. The van der Waals surface area contributed by atoms with Crippen LogP contribution in [0.3, 0.4) is 0 Å². The van der Waals surface area contributed by atoms with Crippen LogP contribution in [0.1, 0.15) is 65.2 Å². The first kappa shape index (κ1) is 27.2. The number of nitrogens with one attached hydrogen (secondary N) is 2. The van der Waals surface area contributed by atoms with Crippen LogP contribution in [0, 0.1) is 0 Å². The van der Waals surface area contributed by atoms with Gasteiger partial charge in [0.25, 0.3) is 5.91 Å². The van der Waals surface area contributed by atoms with Crippen molar-refractivity contribution in [3.63, 3.8) is 0 Å². The van der Waals surface area contributed by atoms with Gasteiger partial charge in [-0.2, -0.15) is 0 Å². The summed E-state index contributed by atoms with van der Waals surface area (Å²) in [6.07, 6.45) is 2.76. The lowest BCUT2D eigenvalue weighted by molar-refractivity contribution is 0.0688. The van der Waals surface area contributed by atoms with Crippen LogP contribution in [0.25, 0.3) is 0 Å². The molecule has 0 radical (unpaired) electrons. The highest BCUT2D eigenvalue weighted by atomic mass is 16.5. The number of ether oxygens (including phenoxy) is 1. The first-order valence-electron chi connectivity index (χ1n) is 11.6. The van der Waals surface area contributed by atoms with Crippen LogP contribution in [-0.4, -0.2) is 54.0 Å². The highest BCUT2D eigenvalue weighted by molar-refractivity contribution is 6.11. The zero-order valence-electron chi connectivity index (χ0n) is 20.5. The molecule has 0 spiro atoms. The van der Waals surface area contributed by atoms with Gasteiger partial charge in [-0.15, -0.1) is 0 Å². The standard InChI is InChI=1S/C27H28N2O8/c1-16(30)21-13-22(24(27(34)35)14-23(21)26(32)33)25(31)29-8-6-18-10-17(5-7-28-2)11-20(12-18)37-15-19-4-3-9-36-19/h3-4,9-14,28H,5-8,15H2,1-2H3,(H,29,31)(H,32,33)(H,34,35). The summed E-state index contributed by atoms with van der Waals surface area (Å²) in [5, 5.41) is 24.6. The summed E-state index contributed by atoms with van der Waals surface area (Å²) in [6, 6.07) is 11.2. The summed E-state index contributed by atoms with van der Waals surface area (Å²) >= 11 is 0. The zero-order chi connectivity index (χ0) is 26.9. The molecule has 194 valence electrons. The number of carboxylic acids is 2. The molecule has 0 atom stereocenters. The Morgan fingerprint density at radius 1 is 0.865 bits per heavy atom. The van der Waals surface area contributed by atoms with Crippen LogP contribution in [0.2, 0.25) is 0 Å². The Morgan fingerprint density at radius 3 is 2.05 bits per heavy atom. The number of hydrogen-bond donors (Lipinski definition) is 4. The molecule has 10 nitrogen and oxygen atoms in total. The molecule has 0 saturated carbocycles. The highest BCUT2D eigenvalue weighted by Gasteiger charge is 2.24. The van der Waals surface area contributed by atoms with Crippen molar-refractivity contribution in [1.82, 2.24) is 10.6 Å². The number of amides is 1. The molecule has 0 aliphatic rings. The number of carboxylic acid groups (broad SMARTS) is 2. The van der Waals surface area contributed by atoms with Crippen LogP contribution in [0.5, 0.6) is 5.75 Å². The topological polar surface area (TPSA) is 155 Å². The van der Waals surface area contributed by atoms with E-state index in [4.69, 9.17) is 9.15 Å². The van der Waals surface area contributed by atoms with Crippen molar-refractivity contribution >= 4 is 23.6 Å². The molecule has 0 bridgehead atoms. The number of likely N-dealkylation sites (N-methyl/N-ethyl adjacent to an activating group) is 1. The Hall–Kier alpha value is -4.44. The van der Waals surface area contributed by atoms with Gasteiger partial charge in [-0.25, -0.2) is 9.59 Å². The fourth-order valence-corrected chi connectivity index (χ4v) is 3.77. The Bertz CT molecular complexity index is 1300. The largest absolute Gasteiger partial charge is 0.486 e. The van der Waals surface area contributed by atoms with Crippen molar-refractivity contribution in [2.45, 2.75) is 26.4 Å². The molecule has 2 aromatic carbocycles. The fourth-order valence-electron chi connectivity index (χ4n) is 3.77. The molecular formula is C27H28N2O8. The van der Waals surface area contributed by atoms with Gasteiger partial charge in [0.1, 0.15) is 18.1 Å². The zero-order valence-corrected chi connectivity index (χ0v) is 20.5. The quantitative estimate of drug-likeness (QED) is 0.255. The van der Waals surface area contributed by atoms with Crippen molar-refractivity contribution in [2.75, 3.05) is 20.1 Å². The van der Waals surface area contributed by atoms with Crippen molar-refractivity contribution < 1.29 is 38.5 Å². The summed E-state index contributed by atoms with van der Waals surface area (Å²) in [5.41, 5.74) is 0.444. The lowest BCUT2D eigenvalue weighted by Crippen LogP contribution is -2.28. The van der Waals surface area contributed by atoms with Gasteiger partial charge < -0.3 is 30.0 Å². The monoisotopic (exact) mass is 508 g/mol. The summed E-state index contributed by atoms with van der Waals surface area (Å²) < 4.78 is 11.2. The molecule has 3 aromatic rings. The van der Waals surface area contributed by atoms with Crippen molar-refractivity contribution in [2.24, 2.45) is 0 Å². The van der Waals surface area contributed by atoms with Crippen LogP contribution in [0.4, 0.5) is 0 Å². The van der Waals surface area contributed by atoms with Crippen molar-refractivity contribution in [1.29, 1.82) is 0 Å². The predicted octanol–water partition coefficient (Wildman–Crippen LogP) is 3.19. The maximum atomic E-state index is 12.8. The highest BCUT2D eigenvalue weighted by Crippen LogP contribution is 2.21. The van der Waals surface area contributed by atoms with E-state index >= 15 is 0 Å². The van der Waals surface area contributed by atoms with Gasteiger partial charge in [0.2, 0.25) is 0 Å². The van der Waals surface area contributed by atoms with E-state index in [-0.39, 0.29) is 24.3 Å². The van der Waals surface area contributed by atoms with Gasteiger partial charge in [-0.3, -0.25) is 9.59 Å². The fraction of sp³-hybridized carbons (Fsp3) is 0.259. The third-order valence-corrected chi connectivity index (χ3v) is 5.59. The Balaban J connectivity index is 1.76. The molecular weight excluding hydrogens is 480 g/mol. The molecule has 0 fully saturated rings. The SMILES string of the molecule is CNCCc1cc(CCNC(=O)c2cc(C(C)=O)c(C(=O)O)cc2C(=O)O)cc(OCc2ccco2)c1. The number of Topliss-reactive ketones (excluding diaryl/α,β-unsaturated/α-hetero) is 1. The smallest absolute Gasteiger partial charge is 0.336 e. The summed E-state index contributed by atoms with van der Waals surface area (Å²) in [7, 11) is 1.86. The average molecular weight is 509 g/mol. The van der Waals surface area contributed by atoms with E-state index in [1.165, 1.54) is 0 Å². The molecule has 37 heavy (non-hydrogen) atoms. The molecule has 0 unspecified atom stereocenters. The van der Waals surface area contributed by atoms with Gasteiger partial charge in [0.05, 0.1) is 23.0 Å². The van der Waals surface area contributed by atoms with Gasteiger partial charge in [0, 0.05) is 12.1 Å². The molecule has 0 aliphatic carbocycles. The van der Waals surface area contributed by atoms with Crippen LogP contribution >= 0.6 is 0 Å². The van der Waals surface area contributed by atoms with E-state index in [9.17, 15) is 29.4 Å². The van der Waals surface area contributed by atoms with Gasteiger partial charge in [0.15, 0.2) is 5.78 Å². The van der Waals surface area contributed by atoms with Crippen molar-refractivity contribution in [3.05, 3.63) is 87.9 Å². The van der Waals surface area contributed by atoms with Gasteiger partial charge in [-0.05, 0) is 80.9 Å². The van der Waals surface area contributed by atoms with E-state index in [2.05, 4.69) is 10.6 Å². The lowest BCUT2D eigenvalue weighted by Gasteiger charge is -2.13. The number of aromatic carboxylic acids is 2. The molecule has 4 N–H and O–H groups in total. The van der Waals surface area contributed by atoms with Crippen LogP contribution < -0.4 is 15.4 Å². The van der Waals surface area contributed by atoms with Crippen LogP contribution in [-0.2, 0) is 19.4 Å². The summed E-state index contributed by atoms with van der Waals surface area (Å²) in [6.45, 7) is 2.35. The molecule has 1 amide bonds. The Morgan fingerprint density at radius 2 is 1.49 bits per heavy atom. The number of carbonyl (C=O) groups excluding carboxylic acids is 2. The minimum atomic E-state index is -1.47. The first-order chi connectivity index (χ1) is 17.7. The lowest BCUT2D eigenvalue weighted by atomic mass is 9.95. The third kappa shape index (κ3) is 7.28. The second-order valence-corrected chi connectivity index (χ2v) is 8.32. The minimum Gasteiger partial charge on any atom is -0.486 e. The molecule has 0 saturated heterocycles. The molecule has 3 rings (SSSR count). The number of benzene rings is 2.